The molecular weight excluding hydrogens is 322 g/mol. The van der Waals surface area contributed by atoms with E-state index in [1.165, 1.54) is 6.42 Å². The van der Waals surface area contributed by atoms with E-state index in [0.717, 1.165) is 36.1 Å². The molecule has 2 fully saturated rings. The van der Waals surface area contributed by atoms with Gasteiger partial charge in [0.2, 0.25) is 0 Å². The first kappa shape index (κ1) is 17.3. The molecule has 0 bridgehead atoms. The van der Waals surface area contributed by atoms with E-state index in [9.17, 15) is 14.4 Å². The molecule has 1 aliphatic heterocycles. The smallest absolute Gasteiger partial charge is 0.417 e. The van der Waals surface area contributed by atoms with Crippen LogP contribution in [0, 0.1) is 0 Å². The Hall–Kier alpha value is -2.57. The van der Waals surface area contributed by atoms with Crippen LogP contribution in [0.1, 0.15) is 43.7 Å². The highest BCUT2D eigenvalue weighted by Gasteiger charge is 2.33. The van der Waals surface area contributed by atoms with Crippen LogP contribution in [-0.2, 0) is 9.53 Å². The van der Waals surface area contributed by atoms with Gasteiger partial charge < -0.3 is 15.4 Å². The molecule has 1 saturated carbocycles. The predicted molar refractivity (Wildman–Crippen MR) is 90.8 cm³/mol. The van der Waals surface area contributed by atoms with E-state index in [2.05, 4.69) is 10.6 Å². The molecule has 3 rings (SSSR count). The van der Waals surface area contributed by atoms with Crippen molar-refractivity contribution in [3.05, 3.63) is 35.9 Å². The average Bonchev–Trinajstić information content (AvgIpc) is 2.94. The molecule has 1 aliphatic carbocycles. The topological polar surface area (TPSA) is 87.7 Å². The lowest BCUT2D eigenvalue weighted by atomic mass is 9.96. The minimum absolute atomic E-state index is 0.0553. The maximum Gasteiger partial charge on any atom is 0.417 e. The Kier molecular flexibility index (Phi) is 5.53. The summed E-state index contributed by atoms with van der Waals surface area (Å²) < 4.78 is 4.75. The number of hydrogen-bond acceptors (Lipinski definition) is 4. The molecule has 0 radical (unpaired) electrons. The summed E-state index contributed by atoms with van der Waals surface area (Å²) in [5.74, 6) is -0.389. The van der Waals surface area contributed by atoms with Crippen LogP contribution in [0.3, 0.4) is 0 Å². The maximum atomic E-state index is 12.4. The fourth-order valence-electron chi connectivity index (χ4n) is 3.29. The molecule has 1 aromatic carbocycles. The second-order valence-electron chi connectivity index (χ2n) is 6.47. The summed E-state index contributed by atoms with van der Waals surface area (Å²) in [6.07, 6.45) is 4.77. The molecule has 1 aromatic rings. The van der Waals surface area contributed by atoms with Crippen molar-refractivity contribution in [3.8, 4) is 0 Å². The number of urea groups is 1. The van der Waals surface area contributed by atoms with Crippen LogP contribution in [0.15, 0.2) is 30.3 Å². The van der Waals surface area contributed by atoms with Crippen molar-refractivity contribution in [2.75, 3.05) is 13.2 Å². The van der Waals surface area contributed by atoms with Crippen molar-refractivity contribution in [2.24, 2.45) is 0 Å². The van der Waals surface area contributed by atoms with Gasteiger partial charge in [0.05, 0.1) is 12.6 Å². The largest absolute Gasteiger partial charge is 0.439 e. The SMILES string of the molecule is O=C(NC1CCCCC1)NC(CN1C(=O)COC1=O)c1ccccc1. The fraction of sp³-hybridized carbons (Fsp3) is 0.500. The van der Waals surface area contributed by atoms with E-state index in [1.54, 1.807) is 0 Å². The Morgan fingerprint density at radius 3 is 2.52 bits per heavy atom. The zero-order chi connectivity index (χ0) is 17.6. The fourth-order valence-corrected chi connectivity index (χ4v) is 3.29. The Labute approximate surface area is 146 Å². The van der Waals surface area contributed by atoms with Crippen molar-refractivity contribution in [2.45, 2.75) is 44.2 Å². The highest BCUT2D eigenvalue weighted by atomic mass is 16.6. The van der Waals surface area contributed by atoms with Crippen molar-refractivity contribution in [1.82, 2.24) is 15.5 Å². The van der Waals surface area contributed by atoms with Gasteiger partial charge >= 0.3 is 12.1 Å². The molecule has 1 unspecified atom stereocenters. The second kappa shape index (κ2) is 8.00. The summed E-state index contributed by atoms with van der Waals surface area (Å²) >= 11 is 0. The Balaban J connectivity index is 1.67. The first-order valence-corrected chi connectivity index (χ1v) is 8.72. The van der Waals surface area contributed by atoms with Crippen LogP contribution < -0.4 is 10.6 Å². The van der Waals surface area contributed by atoms with Crippen molar-refractivity contribution < 1.29 is 19.1 Å². The van der Waals surface area contributed by atoms with E-state index in [1.807, 2.05) is 30.3 Å². The number of carbonyl (C=O) groups excluding carboxylic acids is 3. The molecule has 7 heteroatoms. The van der Waals surface area contributed by atoms with Gasteiger partial charge in [-0.25, -0.2) is 14.5 Å². The summed E-state index contributed by atoms with van der Waals surface area (Å²) in [4.78, 5) is 36.9. The molecule has 1 heterocycles. The lowest BCUT2D eigenvalue weighted by Crippen LogP contribution is -2.47. The summed E-state index contributed by atoms with van der Waals surface area (Å²) in [5, 5.41) is 5.89. The van der Waals surface area contributed by atoms with Gasteiger partial charge in [0.1, 0.15) is 0 Å². The summed E-state index contributed by atoms with van der Waals surface area (Å²) in [7, 11) is 0. The Bertz CT molecular complexity index is 612. The second-order valence-corrected chi connectivity index (χ2v) is 6.47. The molecule has 2 N–H and O–H groups in total. The van der Waals surface area contributed by atoms with Crippen LogP contribution in [0.25, 0.3) is 0 Å². The van der Waals surface area contributed by atoms with Gasteiger partial charge in [0.25, 0.3) is 5.91 Å². The highest BCUT2D eigenvalue weighted by Crippen LogP contribution is 2.19. The van der Waals surface area contributed by atoms with Crippen LogP contribution >= 0.6 is 0 Å². The maximum absolute atomic E-state index is 12.4. The number of imide groups is 1. The van der Waals surface area contributed by atoms with Crippen LogP contribution in [0.4, 0.5) is 9.59 Å². The number of amides is 4. The summed E-state index contributed by atoms with van der Waals surface area (Å²) in [6, 6.07) is 8.72. The number of rotatable bonds is 5. The highest BCUT2D eigenvalue weighted by molar-refractivity contribution is 5.97. The zero-order valence-corrected chi connectivity index (χ0v) is 14.1. The van der Waals surface area contributed by atoms with Gasteiger partial charge in [0, 0.05) is 6.04 Å². The number of hydrogen-bond donors (Lipinski definition) is 2. The van der Waals surface area contributed by atoms with Crippen molar-refractivity contribution in [1.29, 1.82) is 0 Å². The van der Waals surface area contributed by atoms with Crippen LogP contribution in [-0.4, -0.2) is 42.1 Å². The van der Waals surface area contributed by atoms with Gasteiger partial charge in [0.15, 0.2) is 6.61 Å². The summed E-state index contributed by atoms with van der Waals surface area (Å²) in [5.41, 5.74) is 0.828. The quantitative estimate of drug-likeness (QED) is 0.857. The molecule has 1 atom stereocenters. The lowest BCUT2D eigenvalue weighted by molar-refractivity contribution is -0.126. The predicted octanol–water partition coefficient (Wildman–Crippen LogP) is 2.34. The standard InChI is InChI=1S/C18H23N3O4/c22-16-12-25-18(24)21(16)11-15(13-7-3-1-4-8-13)20-17(23)19-14-9-5-2-6-10-14/h1,3-4,7-8,14-15H,2,5-6,9-12H2,(H2,19,20,23). The van der Waals surface area contributed by atoms with Crippen molar-refractivity contribution >= 4 is 18.0 Å². The number of nitrogens with one attached hydrogen (secondary N) is 2. The van der Waals surface area contributed by atoms with E-state index in [-0.39, 0.29) is 31.1 Å². The molecular formula is C18H23N3O4. The number of nitrogens with zero attached hydrogens (tertiary/aromatic N) is 1. The molecule has 0 aromatic heterocycles. The molecule has 4 amide bonds. The van der Waals surface area contributed by atoms with Gasteiger partial charge in [-0.3, -0.25) is 4.79 Å². The third-order valence-electron chi connectivity index (χ3n) is 4.65. The third-order valence-corrected chi connectivity index (χ3v) is 4.65. The van der Waals surface area contributed by atoms with Gasteiger partial charge in [-0.05, 0) is 18.4 Å². The van der Waals surface area contributed by atoms with Crippen LogP contribution in [0.5, 0.6) is 0 Å². The van der Waals surface area contributed by atoms with Gasteiger partial charge in [-0.1, -0.05) is 49.6 Å². The molecule has 2 aliphatic rings. The minimum atomic E-state index is -0.666. The summed E-state index contributed by atoms with van der Waals surface area (Å²) in [6.45, 7) is -0.186. The van der Waals surface area contributed by atoms with E-state index >= 15 is 0 Å². The van der Waals surface area contributed by atoms with E-state index < -0.39 is 12.1 Å². The number of benzene rings is 1. The molecule has 1 saturated heterocycles. The average molecular weight is 345 g/mol. The monoisotopic (exact) mass is 345 g/mol. The Morgan fingerprint density at radius 1 is 1.16 bits per heavy atom. The normalized spacial score (nSPS) is 19.4. The van der Waals surface area contributed by atoms with E-state index in [0.29, 0.717) is 0 Å². The third kappa shape index (κ3) is 4.49. The zero-order valence-electron chi connectivity index (χ0n) is 14.1. The minimum Gasteiger partial charge on any atom is -0.439 e. The number of carbonyl (C=O) groups is 3. The van der Waals surface area contributed by atoms with Crippen molar-refractivity contribution in [3.63, 3.8) is 0 Å². The first-order valence-electron chi connectivity index (χ1n) is 8.72. The lowest BCUT2D eigenvalue weighted by Gasteiger charge is -2.26. The van der Waals surface area contributed by atoms with Gasteiger partial charge in [-0.2, -0.15) is 0 Å². The first-order chi connectivity index (χ1) is 12.1. The number of cyclic esters (lactones) is 1. The molecule has 25 heavy (non-hydrogen) atoms. The van der Waals surface area contributed by atoms with Gasteiger partial charge in [-0.15, -0.1) is 0 Å². The molecule has 134 valence electrons. The Morgan fingerprint density at radius 2 is 1.88 bits per heavy atom. The molecule has 7 nitrogen and oxygen atoms in total. The number of ether oxygens (including phenoxy) is 1. The molecule has 0 spiro atoms. The van der Waals surface area contributed by atoms with Crippen LogP contribution in [0.2, 0.25) is 0 Å². The van der Waals surface area contributed by atoms with E-state index in [4.69, 9.17) is 4.74 Å².